The number of benzene rings is 1. The molecule has 0 unspecified atom stereocenters. The summed E-state index contributed by atoms with van der Waals surface area (Å²) in [7, 11) is 0. The van der Waals surface area contributed by atoms with E-state index in [0.29, 0.717) is 11.8 Å². The number of aldehydes is 1. The normalized spacial score (nSPS) is 11.6. The number of nitrogens with one attached hydrogen (secondary N) is 1. The highest BCUT2D eigenvalue weighted by Crippen LogP contribution is 2.38. The van der Waals surface area contributed by atoms with Gasteiger partial charge in [-0.25, -0.2) is 0 Å². The molecule has 1 heterocycles. The molecule has 1 N–H and O–H groups in total. The summed E-state index contributed by atoms with van der Waals surface area (Å²) in [5.41, 5.74) is 0.323. The Bertz CT molecular complexity index is 567. The standard InChI is InChI=1S/C13H10F3NO/c1-8-2-4-9(5-3-8)12-10(13(14,15)16)6-17-11(12)7-18/h2-7,17H,1H3. The maximum absolute atomic E-state index is 12.8. The SMILES string of the molecule is Cc1ccc(-c2c(C(F)(F)F)c[nH]c2C=O)cc1. The number of carbonyl (C=O) groups excluding carboxylic acids is 1. The van der Waals surface area contributed by atoms with Gasteiger partial charge in [-0.3, -0.25) is 4.79 Å². The molecule has 0 bridgehead atoms. The number of H-pyrrole nitrogens is 1. The molecule has 0 fully saturated rings. The van der Waals surface area contributed by atoms with Crippen LogP contribution in [0.1, 0.15) is 21.6 Å². The quantitative estimate of drug-likeness (QED) is 0.811. The maximum atomic E-state index is 12.8. The predicted molar refractivity (Wildman–Crippen MR) is 61.4 cm³/mol. The molecule has 2 nitrogen and oxygen atoms in total. The fourth-order valence-corrected chi connectivity index (χ4v) is 1.79. The van der Waals surface area contributed by atoms with Crippen LogP contribution in [0.3, 0.4) is 0 Å². The van der Waals surface area contributed by atoms with Crippen LogP contribution in [0, 0.1) is 6.92 Å². The van der Waals surface area contributed by atoms with E-state index in [2.05, 4.69) is 4.98 Å². The van der Waals surface area contributed by atoms with E-state index in [1.807, 2.05) is 6.92 Å². The summed E-state index contributed by atoms with van der Waals surface area (Å²) < 4.78 is 38.5. The van der Waals surface area contributed by atoms with Crippen LogP contribution in [0.25, 0.3) is 11.1 Å². The molecule has 1 aromatic carbocycles. The molecular weight excluding hydrogens is 243 g/mol. The molecule has 0 saturated heterocycles. The van der Waals surface area contributed by atoms with Gasteiger partial charge in [-0.05, 0) is 12.5 Å². The molecule has 18 heavy (non-hydrogen) atoms. The van der Waals surface area contributed by atoms with Crippen molar-refractivity contribution in [1.29, 1.82) is 0 Å². The fraction of sp³-hybridized carbons (Fsp3) is 0.154. The maximum Gasteiger partial charge on any atom is 0.418 e. The second kappa shape index (κ2) is 4.33. The van der Waals surface area contributed by atoms with Gasteiger partial charge >= 0.3 is 6.18 Å². The van der Waals surface area contributed by atoms with Crippen molar-refractivity contribution in [2.45, 2.75) is 13.1 Å². The van der Waals surface area contributed by atoms with Crippen LogP contribution in [-0.2, 0) is 6.18 Å². The zero-order chi connectivity index (χ0) is 13.3. The molecule has 0 amide bonds. The largest absolute Gasteiger partial charge is 0.418 e. The van der Waals surface area contributed by atoms with Gasteiger partial charge in [0.15, 0.2) is 6.29 Å². The zero-order valence-corrected chi connectivity index (χ0v) is 9.51. The Hall–Kier alpha value is -2.04. The highest BCUT2D eigenvalue weighted by molar-refractivity contribution is 5.87. The van der Waals surface area contributed by atoms with E-state index in [9.17, 15) is 18.0 Å². The van der Waals surface area contributed by atoms with Crippen molar-refractivity contribution in [2.24, 2.45) is 0 Å². The highest BCUT2D eigenvalue weighted by Gasteiger charge is 2.36. The number of hydrogen-bond donors (Lipinski definition) is 1. The zero-order valence-electron chi connectivity index (χ0n) is 9.51. The van der Waals surface area contributed by atoms with Gasteiger partial charge in [0.25, 0.3) is 0 Å². The third kappa shape index (κ3) is 2.16. The minimum absolute atomic E-state index is 0.0637. The van der Waals surface area contributed by atoms with E-state index < -0.39 is 11.7 Å². The van der Waals surface area contributed by atoms with Crippen LogP contribution in [0.15, 0.2) is 30.5 Å². The summed E-state index contributed by atoms with van der Waals surface area (Å²) >= 11 is 0. The van der Waals surface area contributed by atoms with Crippen molar-refractivity contribution < 1.29 is 18.0 Å². The Morgan fingerprint density at radius 1 is 1.17 bits per heavy atom. The van der Waals surface area contributed by atoms with E-state index >= 15 is 0 Å². The first-order valence-corrected chi connectivity index (χ1v) is 5.24. The minimum atomic E-state index is -4.49. The molecule has 2 aromatic rings. The van der Waals surface area contributed by atoms with Crippen LogP contribution >= 0.6 is 0 Å². The number of aromatic nitrogens is 1. The number of aromatic amines is 1. The first kappa shape index (κ1) is 12.4. The van der Waals surface area contributed by atoms with Crippen LogP contribution < -0.4 is 0 Å². The topological polar surface area (TPSA) is 32.9 Å². The van der Waals surface area contributed by atoms with Gasteiger partial charge in [-0.1, -0.05) is 29.8 Å². The van der Waals surface area contributed by atoms with Gasteiger partial charge in [0, 0.05) is 11.8 Å². The van der Waals surface area contributed by atoms with Gasteiger partial charge in [0.05, 0.1) is 11.3 Å². The molecule has 0 aliphatic rings. The lowest BCUT2D eigenvalue weighted by Gasteiger charge is -2.09. The number of halogens is 3. The summed E-state index contributed by atoms with van der Waals surface area (Å²) in [4.78, 5) is 13.2. The second-order valence-corrected chi connectivity index (χ2v) is 3.97. The summed E-state index contributed by atoms with van der Waals surface area (Å²) in [6.45, 7) is 1.84. The summed E-state index contributed by atoms with van der Waals surface area (Å²) in [6.07, 6.45) is -3.28. The van der Waals surface area contributed by atoms with E-state index in [1.165, 1.54) is 0 Å². The van der Waals surface area contributed by atoms with Crippen LogP contribution in [0.4, 0.5) is 13.2 Å². The molecule has 0 atom stereocenters. The lowest BCUT2D eigenvalue weighted by molar-refractivity contribution is -0.137. The van der Waals surface area contributed by atoms with E-state index in [-0.39, 0.29) is 11.3 Å². The van der Waals surface area contributed by atoms with Crippen molar-refractivity contribution in [3.63, 3.8) is 0 Å². The van der Waals surface area contributed by atoms with Gasteiger partial charge in [-0.2, -0.15) is 13.2 Å². The lowest BCUT2D eigenvalue weighted by Crippen LogP contribution is -2.05. The van der Waals surface area contributed by atoms with Gasteiger partial charge in [-0.15, -0.1) is 0 Å². The average Bonchev–Trinajstić information content (AvgIpc) is 2.73. The van der Waals surface area contributed by atoms with Crippen LogP contribution in [0.5, 0.6) is 0 Å². The number of rotatable bonds is 2. The monoisotopic (exact) mass is 253 g/mol. The summed E-state index contributed by atoms with van der Waals surface area (Å²) in [5, 5.41) is 0. The number of alkyl halides is 3. The molecule has 0 aliphatic heterocycles. The number of hydrogen-bond acceptors (Lipinski definition) is 1. The van der Waals surface area contributed by atoms with E-state index in [4.69, 9.17) is 0 Å². The first-order valence-electron chi connectivity index (χ1n) is 5.24. The molecule has 0 saturated carbocycles. The van der Waals surface area contributed by atoms with Gasteiger partial charge in [0.2, 0.25) is 0 Å². The van der Waals surface area contributed by atoms with E-state index in [1.54, 1.807) is 24.3 Å². The fourth-order valence-electron chi connectivity index (χ4n) is 1.79. The second-order valence-electron chi connectivity index (χ2n) is 3.97. The Kier molecular flexibility index (Phi) is 2.98. The molecule has 0 radical (unpaired) electrons. The smallest absolute Gasteiger partial charge is 0.358 e. The highest BCUT2D eigenvalue weighted by atomic mass is 19.4. The van der Waals surface area contributed by atoms with Crippen molar-refractivity contribution in [3.8, 4) is 11.1 Å². The summed E-state index contributed by atoms with van der Waals surface area (Å²) in [5.74, 6) is 0. The molecule has 0 aliphatic carbocycles. The van der Waals surface area contributed by atoms with Crippen LogP contribution in [-0.4, -0.2) is 11.3 Å². The third-order valence-electron chi connectivity index (χ3n) is 2.67. The van der Waals surface area contributed by atoms with Crippen LogP contribution in [0.2, 0.25) is 0 Å². The van der Waals surface area contributed by atoms with Gasteiger partial charge < -0.3 is 4.98 Å². The van der Waals surface area contributed by atoms with Gasteiger partial charge in [0.1, 0.15) is 0 Å². The Balaban J connectivity index is 2.64. The number of carbonyl (C=O) groups is 1. The van der Waals surface area contributed by atoms with E-state index in [0.717, 1.165) is 11.8 Å². The van der Waals surface area contributed by atoms with Crippen molar-refractivity contribution in [3.05, 3.63) is 47.3 Å². The Morgan fingerprint density at radius 3 is 2.28 bits per heavy atom. The lowest BCUT2D eigenvalue weighted by atomic mass is 10.0. The summed E-state index contributed by atoms with van der Waals surface area (Å²) in [6, 6.07) is 6.55. The predicted octanol–water partition coefficient (Wildman–Crippen LogP) is 3.82. The average molecular weight is 253 g/mol. The third-order valence-corrected chi connectivity index (χ3v) is 2.67. The Labute approximate surface area is 101 Å². The molecule has 0 spiro atoms. The minimum Gasteiger partial charge on any atom is -0.358 e. The van der Waals surface area contributed by atoms with Crippen molar-refractivity contribution >= 4 is 6.29 Å². The molecule has 1 aromatic heterocycles. The van der Waals surface area contributed by atoms with Crippen molar-refractivity contribution in [1.82, 2.24) is 4.98 Å². The van der Waals surface area contributed by atoms with Crippen molar-refractivity contribution in [2.75, 3.05) is 0 Å². The molecule has 94 valence electrons. The molecule has 5 heteroatoms. The first-order chi connectivity index (χ1) is 8.43. The molecule has 2 rings (SSSR count). The Morgan fingerprint density at radius 2 is 1.78 bits per heavy atom. The number of aryl methyl sites for hydroxylation is 1. The molecular formula is C13H10F3NO.